The average molecular weight is 547 g/mol. The highest BCUT2D eigenvalue weighted by Crippen LogP contribution is 2.30. The molecule has 0 atom stereocenters. The second-order valence-electron chi connectivity index (χ2n) is 11.7. The summed E-state index contributed by atoms with van der Waals surface area (Å²) in [7, 11) is 0. The molecule has 1 aliphatic carbocycles. The summed E-state index contributed by atoms with van der Waals surface area (Å²) in [5, 5.41) is 3.72. The lowest BCUT2D eigenvalue weighted by molar-refractivity contribution is 0.0365. The van der Waals surface area contributed by atoms with Crippen LogP contribution in [0.25, 0.3) is 11.0 Å². The Morgan fingerprint density at radius 3 is 2.40 bits per heavy atom. The molecule has 2 aromatic heterocycles. The van der Waals surface area contributed by atoms with Gasteiger partial charge in [-0.15, -0.1) is 0 Å². The quantitative estimate of drug-likeness (QED) is 0.424. The van der Waals surface area contributed by atoms with E-state index in [-0.39, 0.29) is 17.2 Å². The van der Waals surface area contributed by atoms with Crippen LogP contribution in [0.1, 0.15) is 63.8 Å². The van der Waals surface area contributed by atoms with Gasteiger partial charge in [-0.2, -0.15) is 4.98 Å². The fraction of sp³-hybridized carbons (Fsp3) is 0.581. The number of hydrogen-bond acceptors (Lipinski definition) is 7. The zero-order chi connectivity index (χ0) is 27.3. The van der Waals surface area contributed by atoms with Gasteiger partial charge in [-0.1, -0.05) is 19.3 Å². The van der Waals surface area contributed by atoms with Crippen molar-refractivity contribution in [3.8, 4) is 0 Å². The molecule has 4 heterocycles. The van der Waals surface area contributed by atoms with Crippen molar-refractivity contribution in [1.29, 1.82) is 0 Å². The Hall–Kier alpha value is -3.17. The fourth-order valence-electron chi connectivity index (χ4n) is 6.70. The first kappa shape index (κ1) is 27.0. The molecule has 214 valence electrons. The second kappa shape index (κ2) is 12.6. The molecule has 2 aliphatic heterocycles. The van der Waals surface area contributed by atoms with Crippen molar-refractivity contribution in [2.75, 3.05) is 56.2 Å². The summed E-state index contributed by atoms with van der Waals surface area (Å²) >= 11 is 0. The Morgan fingerprint density at radius 1 is 0.900 bits per heavy atom. The Morgan fingerprint density at radius 2 is 1.65 bits per heavy atom. The third-order valence-corrected chi connectivity index (χ3v) is 9.03. The van der Waals surface area contributed by atoms with Gasteiger partial charge in [-0.25, -0.2) is 0 Å². The van der Waals surface area contributed by atoms with Crippen LogP contribution in [0.15, 0.2) is 46.0 Å². The van der Waals surface area contributed by atoms with Gasteiger partial charge >= 0.3 is 0 Å². The van der Waals surface area contributed by atoms with E-state index in [1.165, 1.54) is 50.4 Å². The highest BCUT2D eigenvalue weighted by Gasteiger charge is 2.22. The minimum Gasteiger partial charge on any atom is -0.379 e. The van der Waals surface area contributed by atoms with E-state index >= 15 is 0 Å². The smallest absolute Gasteiger partial charge is 0.261 e. The molecule has 0 unspecified atom stereocenters. The molecule has 3 aliphatic rings. The normalized spacial score (nSPS) is 19.8. The Kier molecular flexibility index (Phi) is 8.48. The zero-order valence-electron chi connectivity index (χ0n) is 23.4. The SMILES string of the molecule is O=c1[nH]c(Nc2ccc(N3CCC(CCCN4CCOCC4)CC3)cc2)nc2c1ccc(=O)n2C1CCCCC1. The third-order valence-electron chi connectivity index (χ3n) is 9.03. The van der Waals surface area contributed by atoms with Crippen molar-refractivity contribution in [3.63, 3.8) is 0 Å². The van der Waals surface area contributed by atoms with Gasteiger partial charge in [-0.3, -0.25) is 24.0 Å². The molecular weight excluding hydrogens is 504 g/mol. The molecule has 1 saturated carbocycles. The predicted molar refractivity (Wildman–Crippen MR) is 160 cm³/mol. The number of H-pyrrole nitrogens is 1. The lowest BCUT2D eigenvalue weighted by atomic mass is 9.92. The number of aromatic nitrogens is 3. The number of piperidine rings is 1. The number of fused-ring (bicyclic) bond motifs is 1. The van der Waals surface area contributed by atoms with Crippen LogP contribution in [-0.2, 0) is 4.74 Å². The third kappa shape index (κ3) is 6.25. The van der Waals surface area contributed by atoms with Gasteiger partial charge in [0.1, 0.15) is 0 Å². The average Bonchev–Trinajstić information content (AvgIpc) is 2.99. The summed E-state index contributed by atoms with van der Waals surface area (Å²) in [6.45, 7) is 7.31. The molecule has 1 aromatic carbocycles. The largest absolute Gasteiger partial charge is 0.379 e. The van der Waals surface area contributed by atoms with Gasteiger partial charge in [0.05, 0.1) is 18.6 Å². The second-order valence-corrected chi connectivity index (χ2v) is 11.7. The van der Waals surface area contributed by atoms with E-state index in [9.17, 15) is 9.59 Å². The fourth-order valence-corrected chi connectivity index (χ4v) is 6.70. The van der Waals surface area contributed by atoms with Crippen LogP contribution >= 0.6 is 0 Å². The number of pyridine rings is 1. The molecule has 0 radical (unpaired) electrons. The summed E-state index contributed by atoms with van der Waals surface area (Å²) in [6.07, 6.45) is 10.4. The number of anilines is 3. The molecule has 0 spiro atoms. The molecule has 40 heavy (non-hydrogen) atoms. The molecular formula is C31H42N6O3. The molecule has 3 fully saturated rings. The maximum atomic E-state index is 12.9. The Labute approximate surface area is 235 Å². The van der Waals surface area contributed by atoms with Crippen LogP contribution in [0.4, 0.5) is 17.3 Å². The molecule has 0 bridgehead atoms. The summed E-state index contributed by atoms with van der Waals surface area (Å²) in [4.78, 5) is 38.3. The van der Waals surface area contributed by atoms with Crippen LogP contribution in [-0.4, -0.2) is 65.4 Å². The van der Waals surface area contributed by atoms with Crippen LogP contribution in [0.5, 0.6) is 0 Å². The van der Waals surface area contributed by atoms with Crippen molar-refractivity contribution in [2.45, 2.75) is 63.8 Å². The molecule has 9 nitrogen and oxygen atoms in total. The highest BCUT2D eigenvalue weighted by molar-refractivity contribution is 5.75. The summed E-state index contributed by atoms with van der Waals surface area (Å²) < 4.78 is 7.20. The number of aromatic amines is 1. The van der Waals surface area contributed by atoms with E-state index < -0.39 is 0 Å². The minimum absolute atomic E-state index is 0.0892. The van der Waals surface area contributed by atoms with Crippen LogP contribution in [0.3, 0.4) is 0 Å². The highest BCUT2D eigenvalue weighted by atomic mass is 16.5. The molecule has 2 N–H and O–H groups in total. The maximum absolute atomic E-state index is 12.9. The summed E-state index contributed by atoms with van der Waals surface area (Å²) in [6, 6.07) is 11.5. The molecule has 2 saturated heterocycles. The van der Waals surface area contributed by atoms with Crippen molar-refractivity contribution in [1.82, 2.24) is 19.4 Å². The van der Waals surface area contributed by atoms with Gasteiger partial charge in [0, 0.05) is 49.7 Å². The number of rotatable bonds is 8. The summed E-state index contributed by atoms with van der Waals surface area (Å²) in [5.74, 6) is 1.18. The van der Waals surface area contributed by atoms with Crippen molar-refractivity contribution >= 4 is 28.4 Å². The number of hydrogen-bond donors (Lipinski definition) is 2. The first-order valence-electron chi connectivity index (χ1n) is 15.2. The lowest BCUT2D eigenvalue weighted by Crippen LogP contribution is -2.37. The van der Waals surface area contributed by atoms with E-state index in [0.717, 1.165) is 76.7 Å². The van der Waals surface area contributed by atoms with Gasteiger partial charge in [-0.05, 0) is 81.3 Å². The zero-order valence-corrected chi connectivity index (χ0v) is 23.4. The van der Waals surface area contributed by atoms with E-state index in [4.69, 9.17) is 9.72 Å². The van der Waals surface area contributed by atoms with Crippen LogP contribution < -0.4 is 21.3 Å². The topological polar surface area (TPSA) is 95.5 Å². The van der Waals surface area contributed by atoms with Crippen LogP contribution in [0.2, 0.25) is 0 Å². The number of nitrogens with one attached hydrogen (secondary N) is 2. The minimum atomic E-state index is -0.235. The Balaban J connectivity index is 1.07. The number of morpholine rings is 1. The van der Waals surface area contributed by atoms with E-state index in [2.05, 4.69) is 32.2 Å². The number of ether oxygens (including phenoxy) is 1. The summed E-state index contributed by atoms with van der Waals surface area (Å²) in [5.41, 5.74) is 2.22. The standard InChI is InChI=1S/C31H42N6O3/c38-28-13-12-27-29(37(28)26-6-2-1-3-7-26)33-31(34-30(27)39)32-24-8-10-25(11-9-24)36-17-14-23(15-18-36)5-4-16-35-19-21-40-22-20-35/h8-13,23,26H,1-7,14-22H2,(H2,32,33,34,39). The first-order chi connectivity index (χ1) is 19.6. The van der Waals surface area contributed by atoms with Gasteiger partial charge in [0.15, 0.2) is 5.65 Å². The monoisotopic (exact) mass is 546 g/mol. The predicted octanol–water partition coefficient (Wildman–Crippen LogP) is 4.66. The number of nitrogens with zero attached hydrogens (tertiary/aromatic N) is 4. The first-order valence-corrected chi connectivity index (χ1v) is 15.2. The molecule has 9 heteroatoms. The van der Waals surface area contributed by atoms with E-state index in [1.54, 1.807) is 10.6 Å². The van der Waals surface area contributed by atoms with Gasteiger partial charge < -0.3 is 15.0 Å². The van der Waals surface area contributed by atoms with Gasteiger partial charge in [0.2, 0.25) is 5.95 Å². The maximum Gasteiger partial charge on any atom is 0.261 e. The number of benzene rings is 1. The van der Waals surface area contributed by atoms with Crippen molar-refractivity contribution in [3.05, 3.63) is 57.1 Å². The van der Waals surface area contributed by atoms with Crippen molar-refractivity contribution in [2.24, 2.45) is 5.92 Å². The van der Waals surface area contributed by atoms with Crippen LogP contribution in [0, 0.1) is 5.92 Å². The van der Waals surface area contributed by atoms with Gasteiger partial charge in [0.25, 0.3) is 11.1 Å². The van der Waals surface area contributed by atoms with E-state index in [1.807, 2.05) is 12.1 Å². The molecule has 3 aromatic rings. The van der Waals surface area contributed by atoms with Crippen molar-refractivity contribution < 1.29 is 4.74 Å². The molecule has 6 rings (SSSR count). The van der Waals surface area contributed by atoms with E-state index in [0.29, 0.717) is 17.0 Å². The Bertz CT molecular complexity index is 1380. The lowest BCUT2D eigenvalue weighted by Gasteiger charge is -2.34. The molecule has 0 amide bonds.